The van der Waals surface area contributed by atoms with Crippen LogP contribution in [0.4, 0.5) is 23.1 Å². The summed E-state index contributed by atoms with van der Waals surface area (Å²) in [5.74, 6) is 1.17. The summed E-state index contributed by atoms with van der Waals surface area (Å²) in [6.07, 6.45) is 1.69. The van der Waals surface area contributed by atoms with Crippen molar-refractivity contribution in [1.29, 1.82) is 0 Å². The van der Waals surface area contributed by atoms with Crippen LogP contribution in [0.25, 0.3) is 0 Å². The Morgan fingerprint density at radius 2 is 1.59 bits per heavy atom. The minimum Gasteiger partial charge on any atom is -0.339 e. The second-order valence-electron chi connectivity index (χ2n) is 4.48. The molecule has 0 aliphatic carbocycles. The van der Waals surface area contributed by atoms with Crippen molar-refractivity contribution in [3.63, 3.8) is 0 Å². The van der Waals surface area contributed by atoms with E-state index in [4.69, 9.17) is 11.6 Å². The van der Waals surface area contributed by atoms with E-state index in [0.29, 0.717) is 16.8 Å². The molecule has 110 valence electrons. The first-order chi connectivity index (χ1) is 10.7. The van der Waals surface area contributed by atoms with Gasteiger partial charge >= 0.3 is 0 Å². The molecule has 0 fully saturated rings. The van der Waals surface area contributed by atoms with Crippen LogP contribution in [0, 0.1) is 0 Å². The molecular weight excluding hydrogens is 364 g/mol. The Bertz CT molecular complexity index is 732. The highest BCUT2D eigenvalue weighted by Gasteiger charge is 2.04. The molecule has 4 nitrogen and oxygen atoms in total. The normalized spacial score (nSPS) is 10.3. The van der Waals surface area contributed by atoms with Gasteiger partial charge in [-0.15, -0.1) is 0 Å². The Balaban J connectivity index is 1.81. The first-order valence-corrected chi connectivity index (χ1v) is 7.75. The van der Waals surface area contributed by atoms with E-state index >= 15 is 0 Å². The van der Waals surface area contributed by atoms with Crippen molar-refractivity contribution in [2.75, 3.05) is 10.6 Å². The molecule has 6 heteroatoms. The van der Waals surface area contributed by atoms with Gasteiger partial charge in [-0.25, -0.2) is 4.98 Å². The Hall–Kier alpha value is -2.11. The van der Waals surface area contributed by atoms with Gasteiger partial charge in [0.1, 0.15) is 5.82 Å². The van der Waals surface area contributed by atoms with Crippen LogP contribution in [0.1, 0.15) is 0 Å². The fraction of sp³-hybridized carbons (Fsp3) is 0. The maximum atomic E-state index is 6.14. The maximum Gasteiger partial charge on any atom is 0.229 e. The van der Waals surface area contributed by atoms with Crippen LogP contribution in [-0.4, -0.2) is 9.97 Å². The number of para-hydroxylation sites is 2. The summed E-state index contributed by atoms with van der Waals surface area (Å²) >= 11 is 9.62. The van der Waals surface area contributed by atoms with E-state index in [1.54, 1.807) is 12.3 Å². The summed E-state index contributed by atoms with van der Waals surface area (Å²) in [5, 5.41) is 6.99. The number of benzene rings is 2. The zero-order valence-electron chi connectivity index (χ0n) is 11.4. The first kappa shape index (κ1) is 14.8. The fourth-order valence-electron chi connectivity index (χ4n) is 1.87. The predicted molar refractivity (Wildman–Crippen MR) is 94.2 cm³/mol. The highest BCUT2D eigenvalue weighted by Crippen LogP contribution is 2.26. The molecule has 1 aromatic heterocycles. The van der Waals surface area contributed by atoms with E-state index in [1.165, 1.54) is 0 Å². The fourth-order valence-corrected chi connectivity index (χ4v) is 2.44. The van der Waals surface area contributed by atoms with Gasteiger partial charge in [0.05, 0.1) is 16.4 Å². The SMILES string of the molecule is Clc1ccccc1Nc1ccnc(Nc2ccccc2Br)n1. The van der Waals surface area contributed by atoms with Crippen LogP contribution in [0.2, 0.25) is 5.02 Å². The third-order valence-electron chi connectivity index (χ3n) is 2.91. The predicted octanol–water partition coefficient (Wildman–Crippen LogP) is 5.38. The zero-order chi connectivity index (χ0) is 15.4. The molecule has 3 rings (SSSR count). The lowest BCUT2D eigenvalue weighted by Gasteiger charge is -2.10. The van der Waals surface area contributed by atoms with E-state index < -0.39 is 0 Å². The molecular formula is C16H12BrClN4. The molecule has 0 spiro atoms. The lowest BCUT2D eigenvalue weighted by atomic mass is 10.3. The van der Waals surface area contributed by atoms with Gasteiger partial charge < -0.3 is 10.6 Å². The molecule has 3 aromatic rings. The number of hydrogen-bond acceptors (Lipinski definition) is 4. The maximum absolute atomic E-state index is 6.14. The van der Waals surface area contributed by atoms with Crippen molar-refractivity contribution < 1.29 is 0 Å². The van der Waals surface area contributed by atoms with Crippen LogP contribution in [0.3, 0.4) is 0 Å². The molecule has 2 aromatic carbocycles. The average molecular weight is 376 g/mol. The average Bonchev–Trinajstić information content (AvgIpc) is 2.52. The number of aromatic nitrogens is 2. The van der Waals surface area contributed by atoms with Crippen molar-refractivity contribution in [1.82, 2.24) is 9.97 Å². The molecule has 0 bridgehead atoms. The van der Waals surface area contributed by atoms with Crippen molar-refractivity contribution in [2.24, 2.45) is 0 Å². The van der Waals surface area contributed by atoms with Crippen LogP contribution in [0.5, 0.6) is 0 Å². The van der Waals surface area contributed by atoms with Gasteiger partial charge in [-0.05, 0) is 46.3 Å². The van der Waals surface area contributed by atoms with Gasteiger partial charge in [0.25, 0.3) is 0 Å². The number of anilines is 4. The minimum atomic E-state index is 0.504. The van der Waals surface area contributed by atoms with Crippen molar-refractivity contribution in [2.45, 2.75) is 0 Å². The van der Waals surface area contributed by atoms with Gasteiger partial charge in [-0.2, -0.15) is 4.98 Å². The van der Waals surface area contributed by atoms with Crippen LogP contribution in [0.15, 0.2) is 65.3 Å². The summed E-state index contributed by atoms with van der Waals surface area (Å²) in [6, 6.07) is 17.1. The molecule has 0 aliphatic rings. The second-order valence-corrected chi connectivity index (χ2v) is 5.74. The standard InChI is InChI=1S/C16H12BrClN4/c17-11-5-1-3-7-13(11)21-16-19-10-9-15(22-16)20-14-8-4-2-6-12(14)18/h1-10H,(H2,19,20,21,22). The third-order valence-corrected chi connectivity index (χ3v) is 3.93. The van der Waals surface area contributed by atoms with E-state index in [2.05, 4.69) is 36.5 Å². The Morgan fingerprint density at radius 3 is 2.36 bits per heavy atom. The van der Waals surface area contributed by atoms with Gasteiger partial charge in [0.15, 0.2) is 0 Å². The molecule has 1 heterocycles. The molecule has 0 saturated carbocycles. The zero-order valence-corrected chi connectivity index (χ0v) is 13.8. The summed E-state index contributed by atoms with van der Waals surface area (Å²) in [4.78, 5) is 8.66. The van der Waals surface area contributed by atoms with Gasteiger partial charge in [-0.3, -0.25) is 0 Å². The van der Waals surface area contributed by atoms with E-state index in [-0.39, 0.29) is 0 Å². The Labute approximate surface area is 141 Å². The molecule has 0 saturated heterocycles. The van der Waals surface area contributed by atoms with E-state index in [9.17, 15) is 0 Å². The molecule has 22 heavy (non-hydrogen) atoms. The van der Waals surface area contributed by atoms with E-state index in [1.807, 2.05) is 48.5 Å². The highest BCUT2D eigenvalue weighted by molar-refractivity contribution is 9.10. The van der Waals surface area contributed by atoms with Gasteiger partial charge in [0, 0.05) is 10.7 Å². The monoisotopic (exact) mass is 374 g/mol. The van der Waals surface area contributed by atoms with Crippen LogP contribution in [-0.2, 0) is 0 Å². The highest BCUT2D eigenvalue weighted by atomic mass is 79.9. The summed E-state index contributed by atoms with van der Waals surface area (Å²) in [5.41, 5.74) is 1.70. The number of rotatable bonds is 4. The molecule has 0 radical (unpaired) electrons. The number of halogens is 2. The third kappa shape index (κ3) is 3.55. The molecule has 0 aliphatic heterocycles. The number of nitrogens with zero attached hydrogens (tertiary/aromatic N) is 2. The van der Waals surface area contributed by atoms with E-state index in [0.717, 1.165) is 15.8 Å². The van der Waals surface area contributed by atoms with Gasteiger partial charge in [-0.1, -0.05) is 35.9 Å². The summed E-state index contributed by atoms with van der Waals surface area (Å²) in [7, 11) is 0. The second kappa shape index (κ2) is 6.77. The lowest BCUT2D eigenvalue weighted by Crippen LogP contribution is -2.00. The number of nitrogens with one attached hydrogen (secondary N) is 2. The Morgan fingerprint density at radius 1 is 0.864 bits per heavy atom. The van der Waals surface area contributed by atoms with Crippen molar-refractivity contribution >= 4 is 50.7 Å². The summed E-state index contributed by atoms with van der Waals surface area (Å²) in [6.45, 7) is 0. The van der Waals surface area contributed by atoms with Crippen LogP contribution >= 0.6 is 27.5 Å². The minimum absolute atomic E-state index is 0.504. The number of hydrogen-bond donors (Lipinski definition) is 2. The quantitative estimate of drug-likeness (QED) is 0.643. The summed E-state index contributed by atoms with van der Waals surface area (Å²) < 4.78 is 0.947. The van der Waals surface area contributed by atoms with Crippen LogP contribution < -0.4 is 10.6 Å². The smallest absolute Gasteiger partial charge is 0.229 e. The Kier molecular flexibility index (Phi) is 4.56. The lowest BCUT2D eigenvalue weighted by molar-refractivity contribution is 1.16. The first-order valence-electron chi connectivity index (χ1n) is 6.58. The molecule has 0 atom stereocenters. The van der Waals surface area contributed by atoms with Crippen molar-refractivity contribution in [3.8, 4) is 0 Å². The van der Waals surface area contributed by atoms with Gasteiger partial charge in [0.2, 0.25) is 5.95 Å². The van der Waals surface area contributed by atoms with Crippen molar-refractivity contribution in [3.05, 3.63) is 70.3 Å². The molecule has 0 amide bonds. The topological polar surface area (TPSA) is 49.8 Å². The largest absolute Gasteiger partial charge is 0.339 e. The molecule has 0 unspecified atom stereocenters. The molecule has 2 N–H and O–H groups in total.